The van der Waals surface area contributed by atoms with Gasteiger partial charge in [0.15, 0.2) is 0 Å². The molecule has 0 bridgehead atoms. The molecule has 29 heavy (non-hydrogen) atoms. The number of fused-ring (bicyclic) bond motifs is 1. The number of carbonyl (C=O) groups excluding carboxylic acids is 2. The Morgan fingerprint density at radius 3 is 2.48 bits per heavy atom. The van der Waals surface area contributed by atoms with Crippen molar-refractivity contribution in [1.82, 2.24) is 15.3 Å². The van der Waals surface area contributed by atoms with Gasteiger partial charge >= 0.3 is 0 Å². The molecule has 0 aliphatic rings. The molecule has 1 atom stereocenters. The molecule has 1 unspecified atom stereocenters. The maximum Gasteiger partial charge on any atom is 0.259 e. The number of carbonyl (C=O) groups is 2. The summed E-state index contributed by atoms with van der Waals surface area (Å²) in [5.74, 6) is 0.769. The molecule has 2 aromatic carbocycles. The van der Waals surface area contributed by atoms with E-state index in [1.807, 2.05) is 31.2 Å². The maximum atomic E-state index is 12.6. The van der Waals surface area contributed by atoms with E-state index in [9.17, 15) is 9.59 Å². The molecule has 0 spiro atoms. The fourth-order valence-corrected chi connectivity index (χ4v) is 3.05. The molecular weight excluding hydrogens is 368 g/mol. The standard InChI is InChI=1S/C22H20N4O3/c1-13(20-25-18-5-3-4-6-19(18)26-20)23-21(27)15-7-9-16(10-8-15)24-22(28)17-11-12-29-14(17)2/h3-13H,1-2H3,(H,23,27)(H,24,28)(H,25,26). The number of aromatic nitrogens is 2. The molecular formula is C22H20N4O3. The smallest absolute Gasteiger partial charge is 0.259 e. The molecule has 7 nitrogen and oxygen atoms in total. The number of rotatable bonds is 5. The summed E-state index contributed by atoms with van der Waals surface area (Å²) < 4.78 is 5.15. The van der Waals surface area contributed by atoms with Crippen LogP contribution in [0.4, 0.5) is 5.69 Å². The Morgan fingerprint density at radius 2 is 1.79 bits per heavy atom. The van der Waals surface area contributed by atoms with Gasteiger partial charge in [-0.2, -0.15) is 0 Å². The van der Waals surface area contributed by atoms with Crippen molar-refractivity contribution in [2.24, 2.45) is 0 Å². The van der Waals surface area contributed by atoms with E-state index in [1.54, 1.807) is 37.3 Å². The van der Waals surface area contributed by atoms with E-state index in [2.05, 4.69) is 20.6 Å². The highest BCUT2D eigenvalue weighted by atomic mass is 16.3. The van der Waals surface area contributed by atoms with Gasteiger partial charge in [0.1, 0.15) is 11.6 Å². The van der Waals surface area contributed by atoms with Crippen LogP contribution in [0.25, 0.3) is 11.0 Å². The Labute approximate surface area is 167 Å². The maximum absolute atomic E-state index is 12.6. The first-order valence-electron chi connectivity index (χ1n) is 9.22. The number of nitrogens with one attached hydrogen (secondary N) is 3. The van der Waals surface area contributed by atoms with E-state index in [0.717, 1.165) is 11.0 Å². The molecule has 0 aliphatic carbocycles. The number of hydrogen-bond donors (Lipinski definition) is 3. The van der Waals surface area contributed by atoms with Crippen molar-refractivity contribution < 1.29 is 14.0 Å². The number of furan rings is 1. The summed E-state index contributed by atoms with van der Waals surface area (Å²) >= 11 is 0. The van der Waals surface area contributed by atoms with Crippen LogP contribution in [0, 0.1) is 6.92 Å². The third-order valence-corrected chi connectivity index (χ3v) is 4.67. The largest absolute Gasteiger partial charge is 0.469 e. The minimum atomic E-state index is -0.279. The molecule has 0 saturated carbocycles. The molecule has 7 heteroatoms. The Hall–Kier alpha value is -3.87. The number of aromatic amines is 1. The second-order valence-electron chi connectivity index (χ2n) is 6.76. The normalized spacial score (nSPS) is 11.9. The first-order valence-corrected chi connectivity index (χ1v) is 9.22. The Bertz CT molecular complexity index is 1140. The average molecular weight is 388 g/mol. The van der Waals surface area contributed by atoms with Crippen LogP contribution in [0.5, 0.6) is 0 Å². The average Bonchev–Trinajstić information content (AvgIpc) is 3.34. The van der Waals surface area contributed by atoms with Gasteiger partial charge in [-0.05, 0) is 56.3 Å². The number of anilines is 1. The van der Waals surface area contributed by atoms with Gasteiger partial charge in [0.05, 0.1) is 28.9 Å². The van der Waals surface area contributed by atoms with Gasteiger partial charge in [0.2, 0.25) is 0 Å². The molecule has 146 valence electrons. The van der Waals surface area contributed by atoms with Gasteiger partial charge in [-0.15, -0.1) is 0 Å². The lowest BCUT2D eigenvalue weighted by Crippen LogP contribution is -2.27. The molecule has 4 aromatic rings. The summed E-state index contributed by atoms with van der Waals surface area (Å²) in [6.45, 7) is 3.60. The number of imidazole rings is 1. The summed E-state index contributed by atoms with van der Waals surface area (Å²) in [4.78, 5) is 32.5. The Kier molecular flexibility index (Phi) is 4.87. The predicted octanol–water partition coefficient (Wildman–Crippen LogP) is 4.21. The lowest BCUT2D eigenvalue weighted by molar-refractivity contribution is 0.0938. The molecule has 2 heterocycles. The van der Waals surface area contributed by atoms with Gasteiger partial charge in [0, 0.05) is 11.3 Å². The number of hydrogen-bond acceptors (Lipinski definition) is 4. The molecule has 4 rings (SSSR count). The minimum absolute atomic E-state index is 0.221. The van der Waals surface area contributed by atoms with E-state index in [4.69, 9.17) is 4.42 Å². The number of para-hydroxylation sites is 2. The third kappa shape index (κ3) is 3.89. The van der Waals surface area contributed by atoms with Crippen LogP contribution in [0.1, 0.15) is 45.3 Å². The summed E-state index contributed by atoms with van der Waals surface area (Å²) in [6.07, 6.45) is 1.47. The van der Waals surface area contributed by atoms with Gasteiger partial charge in [0.25, 0.3) is 11.8 Å². The Morgan fingerprint density at radius 1 is 1.03 bits per heavy atom. The number of H-pyrrole nitrogens is 1. The van der Waals surface area contributed by atoms with Crippen LogP contribution < -0.4 is 10.6 Å². The molecule has 0 radical (unpaired) electrons. The van der Waals surface area contributed by atoms with E-state index in [1.165, 1.54) is 6.26 Å². The van der Waals surface area contributed by atoms with Gasteiger partial charge in [-0.25, -0.2) is 4.98 Å². The number of amides is 2. The summed E-state index contributed by atoms with van der Waals surface area (Å²) in [5.41, 5.74) is 3.35. The minimum Gasteiger partial charge on any atom is -0.469 e. The highest BCUT2D eigenvalue weighted by Gasteiger charge is 2.15. The second kappa shape index (κ2) is 7.63. The Balaban J connectivity index is 1.41. The quantitative estimate of drug-likeness (QED) is 0.477. The SMILES string of the molecule is Cc1occc1C(=O)Nc1ccc(C(=O)NC(C)c2nc3ccccc3[nH]2)cc1. The van der Waals surface area contributed by atoms with Gasteiger partial charge in [-0.1, -0.05) is 12.1 Å². The number of aryl methyl sites for hydroxylation is 1. The van der Waals surface area contributed by atoms with E-state index in [-0.39, 0.29) is 17.9 Å². The van der Waals surface area contributed by atoms with Crippen molar-refractivity contribution >= 4 is 28.5 Å². The van der Waals surface area contributed by atoms with E-state index >= 15 is 0 Å². The molecule has 0 saturated heterocycles. The first kappa shape index (κ1) is 18.5. The zero-order chi connectivity index (χ0) is 20.4. The van der Waals surface area contributed by atoms with Gasteiger partial charge in [-0.3, -0.25) is 9.59 Å². The van der Waals surface area contributed by atoms with Crippen molar-refractivity contribution in [2.75, 3.05) is 5.32 Å². The van der Waals surface area contributed by atoms with Crippen molar-refractivity contribution in [2.45, 2.75) is 19.9 Å². The van der Waals surface area contributed by atoms with Crippen LogP contribution in [-0.2, 0) is 0 Å². The van der Waals surface area contributed by atoms with Crippen molar-refractivity contribution in [3.8, 4) is 0 Å². The van der Waals surface area contributed by atoms with Crippen molar-refractivity contribution in [3.05, 3.63) is 83.6 Å². The zero-order valence-corrected chi connectivity index (χ0v) is 16.0. The fraction of sp³-hybridized carbons (Fsp3) is 0.136. The number of nitrogens with zero attached hydrogens (tertiary/aromatic N) is 1. The monoisotopic (exact) mass is 388 g/mol. The second-order valence-corrected chi connectivity index (χ2v) is 6.76. The first-order chi connectivity index (χ1) is 14.0. The van der Waals surface area contributed by atoms with Crippen LogP contribution >= 0.6 is 0 Å². The molecule has 0 fully saturated rings. The predicted molar refractivity (Wildman–Crippen MR) is 110 cm³/mol. The molecule has 3 N–H and O–H groups in total. The molecule has 0 aliphatic heterocycles. The van der Waals surface area contributed by atoms with Crippen molar-refractivity contribution in [3.63, 3.8) is 0 Å². The highest BCUT2D eigenvalue weighted by molar-refractivity contribution is 6.05. The number of benzene rings is 2. The summed E-state index contributed by atoms with van der Waals surface area (Å²) in [6, 6.07) is 15.8. The van der Waals surface area contributed by atoms with Crippen LogP contribution in [0.2, 0.25) is 0 Å². The van der Waals surface area contributed by atoms with Crippen molar-refractivity contribution in [1.29, 1.82) is 0 Å². The van der Waals surface area contributed by atoms with Crippen LogP contribution in [0.15, 0.2) is 65.3 Å². The van der Waals surface area contributed by atoms with Gasteiger partial charge < -0.3 is 20.0 Å². The summed E-state index contributed by atoms with van der Waals surface area (Å²) in [5, 5.41) is 5.72. The van der Waals surface area contributed by atoms with Crippen LogP contribution in [0.3, 0.4) is 0 Å². The molecule has 2 amide bonds. The highest BCUT2D eigenvalue weighted by Crippen LogP contribution is 2.17. The topological polar surface area (TPSA) is 100 Å². The molecule has 2 aromatic heterocycles. The lowest BCUT2D eigenvalue weighted by atomic mass is 10.1. The zero-order valence-electron chi connectivity index (χ0n) is 16.0. The lowest BCUT2D eigenvalue weighted by Gasteiger charge is -2.12. The summed E-state index contributed by atoms with van der Waals surface area (Å²) in [7, 11) is 0. The van der Waals surface area contributed by atoms with E-state index in [0.29, 0.717) is 28.4 Å². The third-order valence-electron chi connectivity index (χ3n) is 4.67. The fourth-order valence-electron chi connectivity index (χ4n) is 3.05. The van der Waals surface area contributed by atoms with Crippen LogP contribution in [-0.4, -0.2) is 21.8 Å². The van der Waals surface area contributed by atoms with E-state index < -0.39 is 0 Å².